The van der Waals surface area contributed by atoms with Crippen LogP contribution in [0.1, 0.15) is 16.1 Å². The molecular weight excluding hydrogens is 282 g/mol. The fourth-order valence-corrected chi connectivity index (χ4v) is 1.51. The van der Waals surface area contributed by atoms with E-state index >= 15 is 0 Å². The van der Waals surface area contributed by atoms with E-state index in [0.29, 0.717) is 5.56 Å². The molecule has 2 rings (SSSR count). The summed E-state index contributed by atoms with van der Waals surface area (Å²) in [4.78, 5) is 15.7. The van der Waals surface area contributed by atoms with Crippen molar-refractivity contribution in [2.75, 3.05) is 5.32 Å². The number of carbonyl (C=O) groups excluding carboxylic acids is 1. The van der Waals surface area contributed by atoms with Crippen molar-refractivity contribution in [3.05, 3.63) is 59.4 Å². The minimum atomic E-state index is -1.07. The van der Waals surface area contributed by atoms with Crippen LogP contribution in [0.3, 0.4) is 0 Å². The van der Waals surface area contributed by atoms with Crippen molar-refractivity contribution in [3.63, 3.8) is 0 Å². The molecule has 0 fully saturated rings. The minimum absolute atomic E-state index is 0.0363. The van der Waals surface area contributed by atoms with Gasteiger partial charge in [0.15, 0.2) is 17.5 Å². The zero-order valence-corrected chi connectivity index (χ0v) is 10.5. The van der Waals surface area contributed by atoms with Gasteiger partial charge in [0.1, 0.15) is 5.69 Å². The van der Waals surface area contributed by atoms with Crippen LogP contribution >= 0.6 is 0 Å². The van der Waals surface area contributed by atoms with Crippen LogP contribution in [0.15, 0.2) is 41.7 Å². The molecule has 1 heterocycles. The number of hydrogen-bond donors (Lipinski definition) is 3. The molecule has 108 valence electrons. The minimum Gasteiger partial charge on any atom is -0.409 e. The number of amidine groups is 1. The standard InChI is InChI=1S/C13H10F2N4O2/c14-9-3-2-8(5-10(9)15)18-13(20)11-4-1-7(6-17-11)12(16)19-21/h1-6,21H,(H2,16,19)(H,18,20). The third kappa shape index (κ3) is 3.30. The number of hydrogen-bond acceptors (Lipinski definition) is 4. The molecule has 4 N–H and O–H groups in total. The van der Waals surface area contributed by atoms with Crippen LogP contribution in [0, 0.1) is 11.6 Å². The predicted molar refractivity (Wildman–Crippen MR) is 71.1 cm³/mol. The number of pyridine rings is 1. The summed E-state index contributed by atoms with van der Waals surface area (Å²) in [6.45, 7) is 0. The van der Waals surface area contributed by atoms with E-state index in [4.69, 9.17) is 10.9 Å². The Labute approximate surface area is 117 Å². The van der Waals surface area contributed by atoms with E-state index in [1.807, 2.05) is 0 Å². The highest BCUT2D eigenvalue weighted by atomic mass is 19.2. The number of rotatable bonds is 3. The molecule has 0 aliphatic heterocycles. The first kappa shape index (κ1) is 14.4. The van der Waals surface area contributed by atoms with Crippen LogP contribution < -0.4 is 11.1 Å². The molecule has 1 aromatic heterocycles. The largest absolute Gasteiger partial charge is 0.409 e. The lowest BCUT2D eigenvalue weighted by molar-refractivity contribution is 0.102. The first-order valence-corrected chi connectivity index (χ1v) is 5.71. The zero-order valence-electron chi connectivity index (χ0n) is 10.5. The number of carbonyl (C=O) groups is 1. The maximum absolute atomic E-state index is 13.0. The molecule has 0 spiro atoms. The van der Waals surface area contributed by atoms with Crippen LogP contribution in [0.4, 0.5) is 14.5 Å². The molecule has 6 nitrogen and oxygen atoms in total. The smallest absolute Gasteiger partial charge is 0.274 e. The lowest BCUT2D eigenvalue weighted by Crippen LogP contribution is -2.16. The van der Waals surface area contributed by atoms with Crippen molar-refractivity contribution >= 4 is 17.4 Å². The summed E-state index contributed by atoms with van der Waals surface area (Å²) in [6.07, 6.45) is 1.25. The molecule has 0 saturated heterocycles. The molecule has 0 unspecified atom stereocenters. The Kier molecular flexibility index (Phi) is 4.07. The second-order valence-electron chi connectivity index (χ2n) is 4.00. The van der Waals surface area contributed by atoms with E-state index in [2.05, 4.69) is 15.5 Å². The van der Waals surface area contributed by atoms with Crippen LogP contribution in [-0.2, 0) is 0 Å². The second-order valence-corrected chi connectivity index (χ2v) is 4.00. The van der Waals surface area contributed by atoms with E-state index in [-0.39, 0.29) is 17.2 Å². The van der Waals surface area contributed by atoms with Gasteiger partial charge in [-0.25, -0.2) is 8.78 Å². The van der Waals surface area contributed by atoms with Gasteiger partial charge in [0, 0.05) is 23.5 Å². The van der Waals surface area contributed by atoms with Gasteiger partial charge >= 0.3 is 0 Å². The number of halogens is 2. The molecule has 1 amide bonds. The van der Waals surface area contributed by atoms with E-state index < -0.39 is 17.5 Å². The van der Waals surface area contributed by atoms with Crippen molar-refractivity contribution < 1.29 is 18.8 Å². The highest BCUT2D eigenvalue weighted by Gasteiger charge is 2.10. The number of amides is 1. The summed E-state index contributed by atoms with van der Waals surface area (Å²) >= 11 is 0. The molecule has 0 aliphatic carbocycles. The molecule has 1 aromatic carbocycles. The molecule has 2 aromatic rings. The van der Waals surface area contributed by atoms with Crippen molar-refractivity contribution in [2.24, 2.45) is 10.9 Å². The van der Waals surface area contributed by atoms with Crippen molar-refractivity contribution in [2.45, 2.75) is 0 Å². The maximum Gasteiger partial charge on any atom is 0.274 e. The zero-order chi connectivity index (χ0) is 15.4. The van der Waals surface area contributed by atoms with E-state index in [9.17, 15) is 13.6 Å². The Morgan fingerprint density at radius 3 is 2.57 bits per heavy atom. The van der Waals surface area contributed by atoms with Crippen molar-refractivity contribution in [3.8, 4) is 0 Å². The molecule has 0 radical (unpaired) electrons. The topological polar surface area (TPSA) is 101 Å². The van der Waals surface area contributed by atoms with Crippen LogP contribution in [0.2, 0.25) is 0 Å². The summed E-state index contributed by atoms with van der Waals surface area (Å²) in [7, 11) is 0. The van der Waals surface area contributed by atoms with Gasteiger partial charge in [0.05, 0.1) is 0 Å². The third-order valence-corrected chi connectivity index (χ3v) is 2.58. The van der Waals surface area contributed by atoms with Crippen LogP contribution in [0.5, 0.6) is 0 Å². The number of nitrogens with two attached hydrogens (primary N) is 1. The first-order chi connectivity index (χ1) is 10.0. The number of nitrogens with zero attached hydrogens (tertiary/aromatic N) is 2. The SMILES string of the molecule is NC(=NO)c1ccc(C(=O)Nc2ccc(F)c(F)c2)nc1. The Morgan fingerprint density at radius 2 is 2.00 bits per heavy atom. The van der Waals surface area contributed by atoms with Gasteiger partial charge in [-0.3, -0.25) is 9.78 Å². The number of benzene rings is 1. The number of aromatic nitrogens is 1. The molecule has 0 aliphatic rings. The van der Waals surface area contributed by atoms with Gasteiger partial charge in [-0.05, 0) is 24.3 Å². The van der Waals surface area contributed by atoms with E-state index in [1.54, 1.807) is 0 Å². The number of nitrogens with one attached hydrogen (secondary N) is 1. The summed E-state index contributed by atoms with van der Waals surface area (Å²) in [5, 5.41) is 13.7. The van der Waals surface area contributed by atoms with Crippen LogP contribution in [-0.4, -0.2) is 21.9 Å². The van der Waals surface area contributed by atoms with Crippen LogP contribution in [0.25, 0.3) is 0 Å². The highest BCUT2D eigenvalue weighted by molar-refractivity contribution is 6.03. The lowest BCUT2D eigenvalue weighted by atomic mass is 10.2. The Hall–Kier alpha value is -3.03. The summed E-state index contributed by atoms with van der Waals surface area (Å²) in [5.41, 5.74) is 5.83. The Bertz CT molecular complexity index is 702. The van der Waals surface area contributed by atoms with Crippen molar-refractivity contribution in [1.29, 1.82) is 0 Å². The summed E-state index contributed by atoms with van der Waals surface area (Å²) in [5.74, 6) is -2.82. The summed E-state index contributed by atoms with van der Waals surface area (Å²) in [6, 6.07) is 5.77. The normalized spacial score (nSPS) is 11.2. The fraction of sp³-hybridized carbons (Fsp3) is 0. The van der Waals surface area contributed by atoms with Gasteiger partial charge in [-0.2, -0.15) is 0 Å². The number of oxime groups is 1. The third-order valence-electron chi connectivity index (χ3n) is 2.58. The molecular formula is C13H10F2N4O2. The molecule has 21 heavy (non-hydrogen) atoms. The average molecular weight is 292 g/mol. The van der Waals surface area contributed by atoms with E-state index in [1.165, 1.54) is 24.4 Å². The monoisotopic (exact) mass is 292 g/mol. The highest BCUT2D eigenvalue weighted by Crippen LogP contribution is 2.14. The maximum atomic E-state index is 13.0. The molecule has 0 atom stereocenters. The molecule has 0 saturated carbocycles. The molecule has 0 bridgehead atoms. The first-order valence-electron chi connectivity index (χ1n) is 5.71. The Balaban J connectivity index is 2.14. The Morgan fingerprint density at radius 1 is 1.24 bits per heavy atom. The summed E-state index contributed by atoms with van der Waals surface area (Å²) < 4.78 is 25.8. The fourth-order valence-electron chi connectivity index (χ4n) is 1.51. The van der Waals surface area contributed by atoms with Crippen molar-refractivity contribution in [1.82, 2.24) is 4.98 Å². The van der Waals surface area contributed by atoms with Gasteiger partial charge in [0.2, 0.25) is 0 Å². The average Bonchev–Trinajstić information content (AvgIpc) is 2.50. The number of anilines is 1. The van der Waals surface area contributed by atoms with E-state index in [0.717, 1.165) is 12.1 Å². The predicted octanol–water partition coefficient (Wildman–Crippen LogP) is 1.71. The molecule has 8 heteroatoms. The van der Waals surface area contributed by atoms with Gasteiger partial charge in [0.25, 0.3) is 5.91 Å². The van der Waals surface area contributed by atoms with Gasteiger partial charge in [-0.1, -0.05) is 5.16 Å². The lowest BCUT2D eigenvalue weighted by Gasteiger charge is -2.05. The van der Waals surface area contributed by atoms with Gasteiger partial charge < -0.3 is 16.3 Å². The van der Waals surface area contributed by atoms with Gasteiger partial charge in [-0.15, -0.1) is 0 Å². The quantitative estimate of drug-likeness (QED) is 0.347. The second kappa shape index (κ2) is 5.95.